The molecule has 5 nitrogen and oxygen atoms in total. The van der Waals surface area contributed by atoms with Crippen LogP contribution in [0.1, 0.15) is 26.4 Å². The molecule has 0 atom stereocenters. The molecule has 2 amide bonds. The van der Waals surface area contributed by atoms with Crippen LogP contribution in [0.15, 0.2) is 60.8 Å². The Morgan fingerprint density at radius 3 is 2.50 bits per heavy atom. The van der Waals surface area contributed by atoms with Gasteiger partial charge in [-0.2, -0.15) is 0 Å². The van der Waals surface area contributed by atoms with E-state index in [0.29, 0.717) is 10.7 Å². The molecule has 0 aliphatic carbocycles. The Labute approximate surface area is 156 Å². The molecule has 0 radical (unpaired) electrons. The van der Waals surface area contributed by atoms with Crippen molar-refractivity contribution in [1.82, 2.24) is 10.3 Å². The van der Waals surface area contributed by atoms with Gasteiger partial charge in [0.15, 0.2) is 5.13 Å². The summed E-state index contributed by atoms with van der Waals surface area (Å²) in [6, 6.07) is 17.1. The minimum atomic E-state index is -0.300. The Hall–Kier alpha value is -2.99. The first-order valence-corrected chi connectivity index (χ1v) is 9.05. The van der Waals surface area contributed by atoms with Crippen molar-refractivity contribution in [2.24, 2.45) is 0 Å². The van der Waals surface area contributed by atoms with Crippen LogP contribution in [-0.2, 0) is 11.2 Å². The maximum absolute atomic E-state index is 12.0. The molecule has 0 aliphatic rings. The molecule has 3 rings (SSSR count). The Morgan fingerprint density at radius 2 is 1.77 bits per heavy atom. The molecule has 1 heterocycles. The molecule has 3 aromatic rings. The number of hydrogen-bond donors (Lipinski definition) is 2. The molecule has 26 heavy (non-hydrogen) atoms. The number of rotatable bonds is 6. The summed E-state index contributed by atoms with van der Waals surface area (Å²) in [6.45, 7) is 1.96. The van der Waals surface area contributed by atoms with Crippen molar-refractivity contribution in [3.8, 4) is 0 Å². The molecule has 0 saturated heterocycles. The van der Waals surface area contributed by atoms with Crippen LogP contribution in [0.25, 0.3) is 0 Å². The zero-order valence-corrected chi connectivity index (χ0v) is 15.2. The molecular formula is C20H19N3O2S. The first-order chi connectivity index (χ1) is 12.6. The van der Waals surface area contributed by atoms with Gasteiger partial charge >= 0.3 is 0 Å². The Balaban J connectivity index is 1.49. The highest BCUT2D eigenvalue weighted by Gasteiger charge is 2.10. The van der Waals surface area contributed by atoms with Crippen LogP contribution >= 0.6 is 11.3 Å². The van der Waals surface area contributed by atoms with Crippen LogP contribution in [0.4, 0.5) is 5.13 Å². The van der Waals surface area contributed by atoms with Crippen molar-refractivity contribution in [3.05, 3.63) is 82.4 Å². The van der Waals surface area contributed by atoms with E-state index < -0.39 is 0 Å². The summed E-state index contributed by atoms with van der Waals surface area (Å²) in [6.07, 6.45) is 2.54. The number of benzene rings is 2. The average Bonchev–Trinajstić information content (AvgIpc) is 3.09. The quantitative estimate of drug-likeness (QED) is 0.703. The van der Waals surface area contributed by atoms with Crippen molar-refractivity contribution in [3.63, 3.8) is 0 Å². The van der Waals surface area contributed by atoms with Gasteiger partial charge in [0, 0.05) is 23.1 Å². The summed E-state index contributed by atoms with van der Waals surface area (Å²) in [4.78, 5) is 29.2. The number of aromatic nitrogens is 1. The predicted octanol–water partition coefficient (Wildman–Crippen LogP) is 3.41. The third kappa shape index (κ3) is 5.00. The average molecular weight is 365 g/mol. The second-order valence-corrected chi connectivity index (χ2v) is 7.01. The lowest BCUT2D eigenvalue weighted by atomic mass is 10.1. The second-order valence-electron chi connectivity index (χ2n) is 5.89. The molecule has 0 bridgehead atoms. The Morgan fingerprint density at radius 1 is 1.04 bits per heavy atom. The van der Waals surface area contributed by atoms with Gasteiger partial charge in [-0.25, -0.2) is 4.98 Å². The molecule has 2 N–H and O–H groups in total. The van der Waals surface area contributed by atoms with Crippen LogP contribution in [0, 0.1) is 6.92 Å². The molecule has 1 aromatic heterocycles. The summed E-state index contributed by atoms with van der Waals surface area (Å²) in [5, 5.41) is 5.85. The van der Waals surface area contributed by atoms with Gasteiger partial charge in [-0.3, -0.25) is 9.59 Å². The molecule has 0 saturated carbocycles. The smallest absolute Gasteiger partial charge is 0.251 e. The van der Waals surface area contributed by atoms with Gasteiger partial charge in [-0.1, -0.05) is 48.0 Å². The van der Waals surface area contributed by atoms with E-state index in [9.17, 15) is 9.59 Å². The van der Waals surface area contributed by atoms with Crippen molar-refractivity contribution in [2.45, 2.75) is 13.3 Å². The molecule has 132 valence electrons. The lowest BCUT2D eigenvalue weighted by molar-refractivity contribution is -0.115. The normalized spacial score (nSPS) is 10.3. The van der Waals surface area contributed by atoms with Gasteiger partial charge in [0.1, 0.15) is 0 Å². The number of anilines is 1. The topological polar surface area (TPSA) is 71.1 Å². The zero-order chi connectivity index (χ0) is 18.4. The van der Waals surface area contributed by atoms with E-state index >= 15 is 0 Å². The van der Waals surface area contributed by atoms with Gasteiger partial charge in [0.05, 0.1) is 6.54 Å². The van der Waals surface area contributed by atoms with Crippen LogP contribution in [0.3, 0.4) is 0 Å². The van der Waals surface area contributed by atoms with E-state index in [1.165, 1.54) is 22.5 Å². The fourth-order valence-corrected chi connectivity index (χ4v) is 3.23. The molecule has 0 aliphatic heterocycles. The van der Waals surface area contributed by atoms with Crippen molar-refractivity contribution < 1.29 is 9.59 Å². The monoisotopic (exact) mass is 365 g/mol. The van der Waals surface area contributed by atoms with Gasteiger partial charge in [0.25, 0.3) is 5.91 Å². The summed E-state index contributed by atoms with van der Waals surface area (Å²) in [5.41, 5.74) is 2.95. The SMILES string of the molecule is Cc1ccc(Cc2cnc(NC(=O)CNC(=O)c3ccccc3)s2)cc1. The fourth-order valence-electron chi connectivity index (χ4n) is 2.37. The molecule has 0 unspecified atom stereocenters. The molecule has 6 heteroatoms. The highest BCUT2D eigenvalue weighted by Crippen LogP contribution is 2.21. The maximum atomic E-state index is 12.0. The number of nitrogens with zero attached hydrogens (tertiary/aromatic N) is 1. The van der Waals surface area contributed by atoms with Crippen molar-refractivity contribution in [2.75, 3.05) is 11.9 Å². The summed E-state index contributed by atoms with van der Waals surface area (Å²) < 4.78 is 0. The van der Waals surface area contributed by atoms with Crippen molar-refractivity contribution in [1.29, 1.82) is 0 Å². The second kappa shape index (κ2) is 8.40. The van der Waals surface area contributed by atoms with Crippen LogP contribution in [0.5, 0.6) is 0 Å². The standard InChI is InChI=1S/C20H19N3O2S/c1-14-7-9-15(10-8-14)11-17-12-22-20(26-17)23-18(24)13-21-19(25)16-5-3-2-4-6-16/h2-10,12H,11,13H2,1H3,(H,21,25)(H,22,23,24). The highest BCUT2D eigenvalue weighted by atomic mass is 32.1. The first kappa shape index (κ1) is 17.8. The Kier molecular flexibility index (Phi) is 5.76. The van der Waals surface area contributed by atoms with Crippen LogP contribution in [-0.4, -0.2) is 23.3 Å². The summed E-state index contributed by atoms with van der Waals surface area (Å²) in [5.74, 6) is -0.578. The maximum Gasteiger partial charge on any atom is 0.251 e. The number of carbonyl (C=O) groups excluding carboxylic acids is 2. The third-order valence-corrected chi connectivity index (χ3v) is 4.66. The first-order valence-electron chi connectivity index (χ1n) is 8.23. The van der Waals surface area contributed by atoms with E-state index in [-0.39, 0.29) is 18.4 Å². The minimum absolute atomic E-state index is 0.0966. The molecular weight excluding hydrogens is 346 g/mol. The van der Waals surface area contributed by atoms with E-state index in [4.69, 9.17) is 0 Å². The van der Waals surface area contributed by atoms with E-state index in [2.05, 4.69) is 46.8 Å². The van der Waals surface area contributed by atoms with Gasteiger partial charge in [-0.15, -0.1) is 11.3 Å². The van der Waals surface area contributed by atoms with Crippen LogP contribution in [0.2, 0.25) is 0 Å². The number of thiazole rings is 1. The predicted molar refractivity (Wildman–Crippen MR) is 104 cm³/mol. The fraction of sp³-hybridized carbons (Fsp3) is 0.150. The number of carbonyl (C=O) groups is 2. The number of amides is 2. The van der Waals surface area contributed by atoms with E-state index in [1.54, 1.807) is 30.5 Å². The summed E-state index contributed by atoms with van der Waals surface area (Å²) in [7, 11) is 0. The number of aryl methyl sites for hydroxylation is 1. The number of nitrogens with one attached hydrogen (secondary N) is 2. The largest absolute Gasteiger partial charge is 0.343 e. The van der Waals surface area contributed by atoms with Gasteiger partial charge in [-0.05, 0) is 24.6 Å². The van der Waals surface area contributed by atoms with E-state index in [1.807, 2.05) is 6.07 Å². The lowest BCUT2D eigenvalue weighted by Crippen LogP contribution is -2.32. The number of hydrogen-bond acceptors (Lipinski definition) is 4. The van der Waals surface area contributed by atoms with E-state index in [0.717, 1.165) is 11.3 Å². The minimum Gasteiger partial charge on any atom is -0.343 e. The molecule has 0 spiro atoms. The highest BCUT2D eigenvalue weighted by molar-refractivity contribution is 7.15. The third-order valence-electron chi connectivity index (χ3n) is 3.74. The Bertz CT molecular complexity index is 889. The van der Waals surface area contributed by atoms with Gasteiger partial charge < -0.3 is 10.6 Å². The zero-order valence-electron chi connectivity index (χ0n) is 14.4. The lowest BCUT2D eigenvalue weighted by Gasteiger charge is -2.04. The van der Waals surface area contributed by atoms with Gasteiger partial charge in [0.2, 0.25) is 5.91 Å². The molecule has 2 aromatic carbocycles. The van der Waals surface area contributed by atoms with Crippen molar-refractivity contribution >= 4 is 28.3 Å². The van der Waals surface area contributed by atoms with Crippen LogP contribution < -0.4 is 10.6 Å². The summed E-state index contributed by atoms with van der Waals surface area (Å²) >= 11 is 1.44. The molecule has 0 fully saturated rings.